The molecule has 4 N–H and O–H groups in total. The van der Waals surface area contributed by atoms with Gasteiger partial charge in [-0.15, -0.1) is 0 Å². The second kappa shape index (κ2) is 6.11. The molecule has 0 bridgehead atoms. The van der Waals surface area contributed by atoms with E-state index in [1.165, 1.54) is 19.2 Å². The van der Waals surface area contributed by atoms with Crippen molar-refractivity contribution in [2.45, 2.75) is 4.90 Å². The number of nitrogen functional groups attached to an aromatic ring is 1. The van der Waals surface area contributed by atoms with E-state index in [-0.39, 0.29) is 4.90 Å². The van der Waals surface area contributed by atoms with Gasteiger partial charge in [0.2, 0.25) is 10.0 Å². The molecule has 5 nitrogen and oxygen atoms in total. The van der Waals surface area contributed by atoms with E-state index in [2.05, 4.69) is 10.0 Å². The van der Waals surface area contributed by atoms with Crippen molar-refractivity contribution in [3.05, 3.63) is 46.4 Å². The van der Waals surface area contributed by atoms with Gasteiger partial charge in [0.1, 0.15) is 0 Å². The minimum absolute atomic E-state index is 0.0992. The van der Waals surface area contributed by atoms with Crippen LogP contribution in [0.3, 0.4) is 0 Å². The van der Waals surface area contributed by atoms with Crippen molar-refractivity contribution >= 4 is 50.3 Å². The fraction of sp³-hybridized carbons (Fsp3) is 0.0769. The van der Waals surface area contributed by atoms with Gasteiger partial charge in [0.15, 0.2) is 0 Å². The molecule has 2 aromatic rings. The molecule has 2 aromatic carbocycles. The molecule has 0 amide bonds. The number of hydrogen-bond donors (Lipinski definition) is 3. The van der Waals surface area contributed by atoms with E-state index in [1.54, 1.807) is 24.3 Å². The predicted molar refractivity (Wildman–Crippen MR) is 86.8 cm³/mol. The quantitative estimate of drug-likeness (QED) is 0.742. The summed E-state index contributed by atoms with van der Waals surface area (Å²) in [6.45, 7) is 0. The highest BCUT2D eigenvalue weighted by molar-refractivity contribution is 7.89. The van der Waals surface area contributed by atoms with Gasteiger partial charge in [0, 0.05) is 5.69 Å². The van der Waals surface area contributed by atoms with Crippen molar-refractivity contribution < 1.29 is 8.42 Å². The van der Waals surface area contributed by atoms with E-state index >= 15 is 0 Å². The Morgan fingerprint density at radius 1 is 1.05 bits per heavy atom. The van der Waals surface area contributed by atoms with Crippen LogP contribution in [0.4, 0.5) is 17.1 Å². The number of rotatable bonds is 4. The molecular formula is C13H13Cl2N3O2S. The molecule has 0 saturated heterocycles. The van der Waals surface area contributed by atoms with Crippen molar-refractivity contribution in [1.82, 2.24) is 4.72 Å². The fourth-order valence-electron chi connectivity index (χ4n) is 1.67. The van der Waals surface area contributed by atoms with Crippen LogP contribution in [0.15, 0.2) is 41.3 Å². The Labute approximate surface area is 133 Å². The van der Waals surface area contributed by atoms with Crippen molar-refractivity contribution in [1.29, 1.82) is 0 Å². The molecule has 0 aliphatic carbocycles. The second-order valence-corrected chi connectivity index (χ2v) is 6.91. The Balaban J connectivity index is 2.31. The van der Waals surface area contributed by atoms with Gasteiger partial charge in [0.05, 0.1) is 26.3 Å². The first-order valence-corrected chi connectivity index (χ1v) is 8.12. The first-order chi connectivity index (χ1) is 9.83. The normalized spacial score (nSPS) is 11.4. The molecule has 112 valence electrons. The zero-order chi connectivity index (χ0) is 15.6. The van der Waals surface area contributed by atoms with Gasteiger partial charge in [-0.1, -0.05) is 23.2 Å². The Hall–Kier alpha value is -1.47. The number of sulfonamides is 1. The molecule has 21 heavy (non-hydrogen) atoms. The summed E-state index contributed by atoms with van der Waals surface area (Å²) >= 11 is 11.8. The first kappa shape index (κ1) is 15.9. The van der Waals surface area contributed by atoms with E-state index in [9.17, 15) is 8.42 Å². The monoisotopic (exact) mass is 345 g/mol. The molecule has 0 unspecified atom stereocenters. The standard InChI is InChI=1S/C13H13Cl2N3O2S/c1-17-21(19,20)9-3-5-13(12(16)7-9)18-8-2-4-10(14)11(15)6-8/h2-7,17-18H,16H2,1H3. The zero-order valence-electron chi connectivity index (χ0n) is 11.0. The lowest BCUT2D eigenvalue weighted by Gasteiger charge is -2.11. The number of halogens is 2. The van der Waals surface area contributed by atoms with Crippen LogP contribution in [-0.4, -0.2) is 15.5 Å². The molecule has 0 atom stereocenters. The van der Waals surface area contributed by atoms with Crippen LogP contribution in [0.1, 0.15) is 0 Å². The number of anilines is 3. The highest BCUT2D eigenvalue weighted by Gasteiger charge is 2.13. The lowest BCUT2D eigenvalue weighted by molar-refractivity contribution is 0.588. The average molecular weight is 346 g/mol. The summed E-state index contributed by atoms with van der Waals surface area (Å²) < 4.78 is 25.6. The maximum Gasteiger partial charge on any atom is 0.240 e. The van der Waals surface area contributed by atoms with Gasteiger partial charge >= 0.3 is 0 Å². The van der Waals surface area contributed by atoms with Crippen molar-refractivity contribution in [3.8, 4) is 0 Å². The van der Waals surface area contributed by atoms with Crippen LogP contribution in [0.25, 0.3) is 0 Å². The van der Waals surface area contributed by atoms with E-state index < -0.39 is 10.0 Å². The Kier molecular flexibility index (Phi) is 4.63. The maximum absolute atomic E-state index is 11.7. The van der Waals surface area contributed by atoms with Crippen molar-refractivity contribution in [3.63, 3.8) is 0 Å². The first-order valence-electron chi connectivity index (χ1n) is 5.88. The summed E-state index contributed by atoms with van der Waals surface area (Å²) in [6, 6.07) is 9.48. The summed E-state index contributed by atoms with van der Waals surface area (Å²) in [7, 11) is -2.18. The van der Waals surface area contributed by atoms with Gasteiger partial charge in [-0.2, -0.15) is 0 Å². The number of benzene rings is 2. The average Bonchev–Trinajstić information content (AvgIpc) is 2.45. The maximum atomic E-state index is 11.7. The molecular weight excluding hydrogens is 333 g/mol. The fourth-order valence-corrected chi connectivity index (χ4v) is 2.73. The predicted octanol–water partition coefficient (Wildman–Crippen LogP) is 3.23. The van der Waals surface area contributed by atoms with E-state index in [0.29, 0.717) is 27.1 Å². The number of nitrogens with one attached hydrogen (secondary N) is 2. The highest BCUT2D eigenvalue weighted by atomic mass is 35.5. The topological polar surface area (TPSA) is 84.2 Å². The molecule has 0 aliphatic rings. The van der Waals surface area contributed by atoms with E-state index in [1.807, 2.05) is 0 Å². The van der Waals surface area contributed by atoms with Crippen LogP contribution in [0.2, 0.25) is 10.0 Å². The van der Waals surface area contributed by atoms with Gasteiger partial charge in [-0.05, 0) is 43.4 Å². The Morgan fingerprint density at radius 2 is 1.76 bits per heavy atom. The van der Waals surface area contributed by atoms with Gasteiger partial charge in [0.25, 0.3) is 0 Å². The third-order valence-electron chi connectivity index (χ3n) is 2.80. The molecule has 0 heterocycles. The minimum Gasteiger partial charge on any atom is -0.397 e. The van der Waals surface area contributed by atoms with Crippen LogP contribution in [-0.2, 0) is 10.0 Å². The lowest BCUT2D eigenvalue weighted by Crippen LogP contribution is -2.18. The van der Waals surface area contributed by atoms with Gasteiger partial charge in [-0.3, -0.25) is 0 Å². The van der Waals surface area contributed by atoms with Crippen LogP contribution in [0.5, 0.6) is 0 Å². The molecule has 2 rings (SSSR count). The van der Waals surface area contributed by atoms with Crippen LogP contribution < -0.4 is 15.8 Å². The van der Waals surface area contributed by atoms with Gasteiger partial charge < -0.3 is 11.1 Å². The third-order valence-corrected chi connectivity index (χ3v) is 4.95. The third kappa shape index (κ3) is 3.59. The van der Waals surface area contributed by atoms with E-state index in [0.717, 1.165) is 0 Å². The number of hydrogen-bond acceptors (Lipinski definition) is 4. The molecule has 0 aliphatic heterocycles. The number of nitrogens with two attached hydrogens (primary N) is 1. The molecule has 0 spiro atoms. The summed E-state index contributed by atoms with van der Waals surface area (Å²) in [5.74, 6) is 0. The largest absolute Gasteiger partial charge is 0.397 e. The molecule has 0 saturated carbocycles. The lowest BCUT2D eigenvalue weighted by atomic mass is 10.2. The second-order valence-electron chi connectivity index (χ2n) is 4.21. The minimum atomic E-state index is -3.52. The van der Waals surface area contributed by atoms with Crippen LogP contribution >= 0.6 is 23.2 Å². The van der Waals surface area contributed by atoms with Crippen molar-refractivity contribution in [2.75, 3.05) is 18.1 Å². The Morgan fingerprint density at radius 3 is 2.33 bits per heavy atom. The Bertz CT molecular complexity index is 779. The highest BCUT2D eigenvalue weighted by Crippen LogP contribution is 2.29. The van der Waals surface area contributed by atoms with Gasteiger partial charge in [-0.25, -0.2) is 13.1 Å². The summed E-state index contributed by atoms with van der Waals surface area (Å²) in [5.41, 5.74) is 7.45. The molecule has 0 fully saturated rings. The molecule has 8 heteroatoms. The van der Waals surface area contributed by atoms with Crippen molar-refractivity contribution in [2.24, 2.45) is 0 Å². The van der Waals surface area contributed by atoms with E-state index in [4.69, 9.17) is 28.9 Å². The SMILES string of the molecule is CNS(=O)(=O)c1ccc(Nc2ccc(Cl)c(Cl)c2)c(N)c1. The molecule has 0 aromatic heterocycles. The molecule has 0 radical (unpaired) electrons. The summed E-state index contributed by atoms with van der Waals surface area (Å²) in [4.78, 5) is 0.0992. The van der Waals surface area contributed by atoms with Crippen LogP contribution in [0, 0.1) is 0 Å². The smallest absolute Gasteiger partial charge is 0.240 e. The summed E-state index contributed by atoms with van der Waals surface area (Å²) in [5, 5.41) is 3.91. The summed E-state index contributed by atoms with van der Waals surface area (Å²) in [6.07, 6.45) is 0. The zero-order valence-corrected chi connectivity index (χ0v) is 13.4.